The Hall–Kier alpha value is -3.34. The summed E-state index contributed by atoms with van der Waals surface area (Å²) in [6, 6.07) is 11.0. The zero-order valence-corrected chi connectivity index (χ0v) is 12.6. The highest BCUT2D eigenvalue weighted by Crippen LogP contribution is 2.30. The minimum absolute atomic E-state index is 0.105. The fourth-order valence-electron chi connectivity index (χ4n) is 1.85. The fraction of sp³-hybridized carbons (Fsp3) is 0.0588. The summed E-state index contributed by atoms with van der Waals surface area (Å²) in [5.74, 6) is -1.41. The van der Waals surface area contributed by atoms with Crippen LogP contribution in [-0.4, -0.2) is 5.91 Å². The molecule has 2 N–H and O–H groups in total. The van der Waals surface area contributed by atoms with E-state index in [4.69, 9.17) is 5.26 Å². The van der Waals surface area contributed by atoms with Gasteiger partial charge in [-0.2, -0.15) is 18.4 Å². The molecule has 8 heteroatoms. The van der Waals surface area contributed by atoms with E-state index in [0.29, 0.717) is 5.69 Å². The van der Waals surface area contributed by atoms with Crippen LogP contribution in [0.4, 0.5) is 28.9 Å². The largest absolute Gasteiger partial charge is 0.416 e. The van der Waals surface area contributed by atoms with E-state index in [1.165, 1.54) is 24.3 Å². The maximum atomic E-state index is 13.1. The minimum atomic E-state index is -4.55. The molecule has 0 unspecified atom stereocenters. The van der Waals surface area contributed by atoms with Gasteiger partial charge in [-0.05, 0) is 36.4 Å². The highest BCUT2D eigenvalue weighted by atomic mass is 19.4. The third kappa shape index (κ3) is 5.07. The standard InChI is InChI=1S/C17H11F4N3O/c18-13-4-2-5-14(8-13)23-10-11(9-22)16(25)24-15-6-1-3-12(7-15)17(19,20)21/h1-8,10,23H,(H,24,25)/b11-10-. The number of hydrogen-bond donors (Lipinski definition) is 2. The maximum absolute atomic E-state index is 13.1. The molecule has 4 nitrogen and oxygen atoms in total. The van der Waals surface area contributed by atoms with Crippen molar-refractivity contribution in [3.8, 4) is 6.07 Å². The molecule has 2 aromatic rings. The molecule has 128 valence electrons. The summed E-state index contributed by atoms with van der Waals surface area (Å²) in [5, 5.41) is 13.8. The van der Waals surface area contributed by atoms with Gasteiger partial charge >= 0.3 is 6.18 Å². The van der Waals surface area contributed by atoms with Crippen LogP contribution in [0.3, 0.4) is 0 Å². The van der Waals surface area contributed by atoms with Crippen molar-refractivity contribution in [2.45, 2.75) is 6.18 Å². The third-order valence-corrected chi connectivity index (χ3v) is 3.02. The Balaban J connectivity index is 2.13. The van der Waals surface area contributed by atoms with E-state index in [0.717, 1.165) is 30.5 Å². The molecule has 0 heterocycles. The number of benzene rings is 2. The average Bonchev–Trinajstić information content (AvgIpc) is 2.55. The minimum Gasteiger partial charge on any atom is -0.360 e. The molecule has 1 amide bonds. The molecule has 0 saturated heterocycles. The van der Waals surface area contributed by atoms with Gasteiger partial charge in [0.05, 0.1) is 5.56 Å². The number of nitrogens with one attached hydrogen (secondary N) is 2. The number of nitrogens with zero attached hydrogens (tertiary/aromatic N) is 1. The van der Waals surface area contributed by atoms with Gasteiger partial charge in [-0.15, -0.1) is 0 Å². The lowest BCUT2D eigenvalue weighted by atomic mass is 10.2. The van der Waals surface area contributed by atoms with Crippen LogP contribution in [-0.2, 0) is 11.0 Å². The first-order valence-corrected chi connectivity index (χ1v) is 6.90. The van der Waals surface area contributed by atoms with Crippen LogP contribution >= 0.6 is 0 Å². The maximum Gasteiger partial charge on any atom is 0.416 e. The van der Waals surface area contributed by atoms with Crippen LogP contribution in [0, 0.1) is 17.1 Å². The van der Waals surface area contributed by atoms with Gasteiger partial charge in [-0.3, -0.25) is 4.79 Å². The van der Waals surface area contributed by atoms with Crippen LogP contribution in [0.15, 0.2) is 60.3 Å². The van der Waals surface area contributed by atoms with Gasteiger partial charge < -0.3 is 10.6 Å². The number of carbonyl (C=O) groups is 1. The number of hydrogen-bond acceptors (Lipinski definition) is 3. The van der Waals surface area contributed by atoms with E-state index in [9.17, 15) is 22.4 Å². The Kier molecular flexibility index (Phi) is 5.39. The Bertz CT molecular complexity index is 853. The lowest BCUT2D eigenvalue weighted by molar-refractivity contribution is -0.137. The smallest absolute Gasteiger partial charge is 0.360 e. The van der Waals surface area contributed by atoms with Crippen LogP contribution in [0.1, 0.15) is 5.56 Å². The molecule has 0 saturated carbocycles. The molecule has 0 atom stereocenters. The molecule has 0 fully saturated rings. The zero-order valence-electron chi connectivity index (χ0n) is 12.6. The number of halogens is 4. The number of carbonyl (C=O) groups excluding carboxylic acids is 1. The van der Waals surface area contributed by atoms with Crippen LogP contribution in [0.2, 0.25) is 0 Å². The lowest BCUT2D eigenvalue weighted by Crippen LogP contribution is -2.15. The van der Waals surface area contributed by atoms with E-state index in [2.05, 4.69) is 10.6 Å². The van der Waals surface area contributed by atoms with Crippen molar-refractivity contribution in [2.24, 2.45) is 0 Å². The van der Waals surface area contributed by atoms with Crippen molar-refractivity contribution < 1.29 is 22.4 Å². The number of amides is 1. The number of nitriles is 1. The molecule has 2 aromatic carbocycles. The van der Waals surface area contributed by atoms with Gasteiger partial charge in [0, 0.05) is 17.6 Å². The Morgan fingerprint density at radius 3 is 2.40 bits per heavy atom. The highest BCUT2D eigenvalue weighted by Gasteiger charge is 2.30. The second-order valence-electron chi connectivity index (χ2n) is 4.86. The van der Waals surface area contributed by atoms with Crippen molar-refractivity contribution in [3.63, 3.8) is 0 Å². The summed E-state index contributed by atoms with van der Waals surface area (Å²) in [6.07, 6.45) is -3.51. The number of rotatable bonds is 4. The monoisotopic (exact) mass is 349 g/mol. The molecule has 0 aliphatic heterocycles. The quantitative estimate of drug-likeness (QED) is 0.491. The molecule has 0 spiro atoms. The summed E-state index contributed by atoms with van der Waals surface area (Å²) in [4.78, 5) is 12.0. The molecular formula is C17H11F4N3O. The van der Waals surface area contributed by atoms with Crippen molar-refractivity contribution >= 4 is 17.3 Å². The van der Waals surface area contributed by atoms with Crippen LogP contribution in [0.5, 0.6) is 0 Å². The molecule has 0 radical (unpaired) electrons. The normalized spacial score (nSPS) is 11.6. The highest BCUT2D eigenvalue weighted by molar-refractivity contribution is 6.06. The molecule has 0 bridgehead atoms. The lowest BCUT2D eigenvalue weighted by Gasteiger charge is -2.09. The molecule has 0 aliphatic rings. The van der Waals surface area contributed by atoms with E-state index >= 15 is 0 Å². The summed E-state index contributed by atoms with van der Waals surface area (Å²) in [5.41, 5.74) is -1.11. The summed E-state index contributed by atoms with van der Waals surface area (Å²) >= 11 is 0. The van der Waals surface area contributed by atoms with Crippen LogP contribution in [0.25, 0.3) is 0 Å². The van der Waals surface area contributed by atoms with Crippen molar-refractivity contribution in [1.82, 2.24) is 0 Å². The summed E-state index contributed by atoms with van der Waals surface area (Å²) in [6.45, 7) is 0. The first-order valence-electron chi connectivity index (χ1n) is 6.90. The van der Waals surface area contributed by atoms with Gasteiger partial charge in [0.2, 0.25) is 0 Å². The molecular weight excluding hydrogens is 338 g/mol. The third-order valence-electron chi connectivity index (χ3n) is 3.02. The molecule has 0 aromatic heterocycles. The number of anilines is 2. The van der Waals surface area contributed by atoms with E-state index < -0.39 is 23.5 Å². The number of alkyl halides is 3. The fourth-order valence-corrected chi connectivity index (χ4v) is 1.85. The zero-order chi connectivity index (χ0) is 18.4. The summed E-state index contributed by atoms with van der Waals surface area (Å²) < 4.78 is 51.0. The summed E-state index contributed by atoms with van der Waals surface area (Å²) in [7, 11) is 0. The van der Waals surface area contributed by atoms with E-state index in [1.807, 2.05) is 0 Å². The van der Waals surface area contributed by atoms with E-state index in [1.54, 1.807) is 6.07 Å². The van der Waals surface area contributed by atoms with Crippen molar-refractivity contribution in [1.29, 1.82) is 5.26 Å². The first-order chi connectivity index (χ1) is 11.8. The van der Waals surface area contributed by atoms with Gasteiger partial charge in [0.1, 0.15) is 17.5 Å². The van der Waals surface area contributed by atoms with Gasteiger partial charge in [0.15, 0.2) is 0 Å². The second kappa shape index (κ2) is 7.49. The average molecular weight is 349 g/mol. The van der Waals surface area contributed by atoms with Gasteiger partial charge in [-0.1, -0.05) is 12.1 Å². The second-order valence-corrected chi connectivity index (χ2v) is 4.86. The Morgan fingerprint density at radius 1 is 1.08 bits per heavy atom. The van der Waals surface area contributed by atoms with Gasteiger partial charge in [-0.25, -0.2) is 4.39 Å². The molecule has 25 heavy (non-hydrogen) atoms. The Labute approximate surface area is 140 Å². The molecule has 2 rings (SSSR count). The Morgan fingerprint density at radius 2 is 1.76 bits per heavy atom. The van der Waals surface area contributed by atoms with Gasteiger partial charge in [0.25, 0.3) is 5.91 Å². The SMILES string of the molecule is N#C/C(=C/Nc1cccc(F)c1)C(=O)Nc1cccc(C(F)(F)F)c1. The molecule has 0 aliphatic carbocycles. The topological polar surface area (TPSA) is 64.9 Å². The predicted molar refractivity (Wildman–Crippen MR) is 83.8 cm³/mol. The first kappa shape index (κ1) is 18.0. The van der Waals surface area contributed by atoms with E-state index in [-0.39, 0.29) is 11.3 Å². The van der Waals surface area contributed by atoms with Crippen molar-refractivity contribution in [2.75, 3.05) is 10.6 Å². The van der Waals surface area contributed by atoms with Crippen molar-refractivity contribution in [3.05, 3.63) is 71.7 Å². The van der Waals surface area contributed by atoms with Crippen LogP contribution < -0.4 is 10.6 Å². The predicted octanol–water partition coefficient (Wildman–Crippen LogP) is 4.30.